The monoisotopic (exact) mass is 364 g/mol. The van der Waals surface area contributed by atoms with E-state index in [1.165, 1.54) is 0 Å². The first-order valence-corrected chi connectivity index (χ1v) is 9.57. The molecule has 0 bridgehead atoms. The van der Waals surface area contributed by atoms with Gasteiger partial charge in [0.1, 0.15) is 5.78 Å². The van der Waals surface area contributed by atoms with Crippen molar-refractivity contribution < 1.29 is 14.3 Å². The SMILES string of the molecule is Cc1ncc(-c2ccc3cnc(CC(=O)C4CCC(CO)CC4)cc3c2)o1. The molecule has 5 nitrogen and oxygen atoms in total. The minimum absolute atomic E-state index is 0.105. The standard InChI is InChI=1S/C22H24N2O3/c1-14-23-12-22(27-14)17-6-7-18-11-24-20(9-19(18)8-17)10-21(26)16-4-2-15(13-25)3-5-16/h6-9,11-12,15-16,25H,2-5,10,13H2,1H3. The number of hydrogen-bond acceptors (Lipinski definition) is 5. The number of rotatable bonds is 5. The summed E-state index contributed by atoms with van der Waals surface area (Å²) in [6.07, 6.45) is 7.58. The van der Waals surface area contributed by atoms with E-state index in [2.05, 4.69) is 16.0 Å². The molecule has 0 aliphatic heterocycles. The van der Waals surface area contributed by atoms with Gasteiger partial charge in [-0.15, -0.1) is 0 Å². The second-order valence-corrected chi connectivity index (χ2v) is 7.52. The predicted molar refractivity (Wildman–Crippen MR) is 103 cm³/mol. The smallest absolute Gasteiger partial charge is 0.191 e. The van der Waals surface area contributed by atoms with Crippen LogP contribution >= 0.6 is 0 Å². The van der Waals surface area contributed by atoms with Gasteiger partial charge in [0.25, 0.3) is 0 Å². The molecule has 0 unspecified atom stereocenters. The van der Waals surface area contributed by atoms with Crippen molar-refractivity contribution >= 4 is 16.6 Å². The van der Waals surface area contributed by atoms with E-state index >= 15 is 0 Å². The van der Waals surface area contributed by atoms with Crippen LogP contribution in [0.4, 0.5) is 0 Å². The Bertz CT molecular complexity index is 955. The molecule has 1 N–H and O–H groups in total. The fourth-order valence-electron chi connectivity index (χ4n) is 3.92. The average Bonchev–Trinajstić information content (AvgIpc) is 3.14. The lowest BCUT2D eigenvalue weighted by atomic mass is 9.79. The van der Waals surface area contributed by atoms with Crippen LogP contribution in [0.3, 0.4) is 0 Å². The molecule has 0 amide bonds. The number of aliphatic hydroxyl groups excluding tert-OH is 1. The zero-order valence-corrected chi connectivity index (χ0v) is 15.5. The number of Topliss-reactive ketones (excluding diaryl/α,β-unsaturated/α-hetero) is 1. The third-order valence-electron chi connectivity index (χ3n) is 5.60. The molecule has 1 aromatic carbocycles. The number of aliphatic hydroxyl groups is 1. The van der Waals surface area contributed by atoms with E-state index in [-0.39, 0.29) is 18.3 Å². The maximum atomic E-state index is 12.7. The molecular formula is C22H24N2O3. The highest BCUT2D eigenvalue weighted by atomic mass is 16.4. The van der Waals surface area contributed by atoms with Crippen LogP contribution in [0.1, 0.15) is 37.3 Å². The van der Waals surface area contributed by atoms with Crippen LogP contribution in [0.2, 0.25) is 0 Å². The molecule has 0 saturated heterocycles. The van der Waals surface area contributed by atoms with Crippen LogP contribution < -0.4 is 0 Å². The van der Waals surface area contributed by atoms with Gasteiger partial charge in [-0.3, -0.25) is 9.78 Å². The zero-order chi connectivity index (χ0) is 18.8. The lowest BCUT2D eigenvalue weighted by molar-refractivity contribution is -0.123. The van der Waals surface area contributed by atoms with Gasteiger partial charge < -0.3 is 9.52 Å². The molecule has 0 atom stereocenters. The lowest BCUT2D eigenvalue weighted by Crippen LogP contribution is -2.24. The van der Waals surface area contributed by atoms with E-state index in [1.54, 1.807) is 6.20 Å². The summed E-state index contributed by atoms with van der Waals surface area (Å²) in [6.45, 7) is 2.06. The van der Waals surface area contributed by atoms with Gasteiger partial charge in [-0.1, -0.05) is 12.1 Å². The Kier molecular flexibility index (Phi) is 5.03. The normalized spacial score (nSPS) is 20.1. The first-order valence-electron chi connectivity index (χ1n) is 9.57. The predicted octanol–water partition coefficient (Wildman–Crippen LogP) is 4.11. The van der Waals surface area contributed by atoms with E-state index in [1.807, 2.05) is 31.3 Å². The van der Waals surface area contributed by atoms with Gasteiger partial charge in [0.05, 0.1) is 6.20 Å². The van der Waals surface area contributed by atoms with Crippen molar-refractivity contribution in [3.05, 3.63) is 48.2 Å². The summed E-state index contributed by atoms with van der Waals surface area (Å²) in [5.41, 5.74) is 1.77. The zero-order valence-electron chi connectivity index (χ0n) is 15.5. The summed E-state index contributed by atoms with van der Waals surface area (Å²) in [5, 5.41) is 11.3. The van der Waals surface area contributed by atoms with Crippen molar-refractivity contribution in [2.75, 3.05) is 6.61 Å². The number of benzene rings is 1. The summed E-state index contributed by atoms with van der Waals surface area (Å²) in [7, 11) is 0. The van der Waals surface area contributed by atoms with Crippen molar-refractivity contribution in [2.24, 2.45) is 11.8 Å². The Balaban J connectivity index is 1.51. The van der Waals surface area contributed by atoms with Gasteiger partial charge in [0, 0.05) is 48.7 Å². The number of hydrogen-bond donors (Lipinski definition) is 1. The van der Waals surface area contributed by atoms with Crippen LogP contribution in [-0.4, -0.2) is 27.5 Å². The van der Waals surface area contributed by atoms with Crippen LogP contribution in [0, 0.1) is 18.8 Å². The molecule has 140 valence electrons. The van der Waals surface area contributed by atoms with E-state index in [0.29, 0.717) is 18.2 Å². The number of fused-ring (bicyclic) bond motifs is 1. The first kappa shape index (κ1) is 17.9. The third kappa shape index (κ3) is 3.93. The molecule has 0 spiro atoms. The van der Waals surface area contributed by atoms with Crippen LogP contribution in [0.25, 0.3) is 22.1 Å². The minimum Gasteiger partial charge on any atom is -0.441 e. The summed E-state index contributed by atoms with van der Waals surface area (Å²) in [5.74, 6) is 2.12. The molecule has 1 fully saturated rings. The van der Waals surface area contributed by atoms with Gasteiger partial charge in [-0.2, -0.15) is 0 Å². The van der Waals surface area contributed by atoms with E-state index in [9.17, 15) is 9.90 Å². The van der Waals surface area contributed by atoms with Gasteiger partial charge >= 0.3 is 0 Å². The van der Waals surface area contributed by atoms with Crippen LogP contribution in [0.5, 0.6) is 0 Å². The summed E-state index contributed by atoms with van der Waals surface area (Å²) >= 11 is 0. The first-order chi connectivity index (χ1) is 13.1. The van der Waals surface area contributed by atoms with E-state index < -0.39 is 0 Å². The highest BCUT2D eigenvalue weighted by Crippen LogP contribution is 2.30. The Morgan fingerprint density at radius 3 is 2.63 bits per heavy atom. The number of carbonyl (C=O) groups is 1. The molecule has 5 heteroatoms. The molecule has 1 aliphatic rings. The fourth-order valence-corrected chi connectivity index (χ4v) is 3.92. The van der Waals surface area contributed by atoms with Gasteiger partial charge in [-0.25, -0.2) is 4.98 Å². The third-order valence-corrected chi connectivity index (χ3v) is 5.60. The molecule has 3 aromatic rings. The highest BCUT2D eigenvalue weighted by Gasteiger charge is 2.26. The molecule has 1 aliphatic carbocycles. The maximum Gasteiger partial charge on any atom is 0.191 e. The van der Waals surface area contributed by atoms with Gasteiger partial charge in [-0.05, 0) is 49.1 Å². The minimum atomic E-state index is 0.105. The molecule has 2 aromatic heterocycles. The fraction of sp³-hybridized carbons (Fsp3) is 0.409. The Morgan fingerprint density at radius 1 is 1.11 bits per heavy atom. The van der Waals surface area contributed by atoms with Gasteiger partial charge in [0.15, 0.2) is 11.7 Å². The second-order valence-electron chi connectivity index (χ2n) is 7.52. The Morgan fingerprint density at radius 2 is 1.93 bits per heavy atom. The molecule has 1 saturated carbocycles. The number of ketones is 1. The van der Waals surface area contributed by atoms with Crippen molar-refractivity contribution in [1.29, 1.82) is 0 Å². The van der Waals surface area contributed by atoms with Gasteiger partial charge in [0.2, 0.25) is 0 Å². The van der Waals surface area contributed by atoms with Crippen molar-refractivity contribution in [3.63, 3.8) is 0 Å². The topological polar surface area (TPSA) is 76.2 Å². The van der Waals surface area contributed by atoms with Crippen LogP contribution in [0.15, 0.2) is 41.1 Å². The number of pyridine rings is 1. The molecule has 2 heterocycles. The Hall–Kier alpha value is -2.53. The largest absolute Gasteiger partial charge is 0.441 e. The summed E-state index contributed by atoms with van der Waals surface area (Å²) < 4.78 is 5.61. The number of oxazole rings is 1. The maximum absolute atomic E-state index is 12.7. The second kappa shape index (κ2) is 7.61. The van der Waals surface area contributed by atoms with Crippen molar-refractivity contribution in [3.8, 4) is 11.3 Å². The molecular weight excluding hydrogens is 340 g/mol. The van der Waals surface area contributed by atoms with Crippen molar-refractivity contribution in [2.45, 2.75) is 39.0 Å². The molecule has 4 rings (SSSR count). The van der Waals surface area contributed by atoms with E-state index in [4.69, 9.17) is 4.42 Å². The number of aromatic nitrogens is 2. The number of carbonyl (C=O) groups excluding carboxylic acids is 1. The highest BCUT2D eigenvalue weighted by molar-refractivity contribution is 5.88. The average molecular weight is 364 g/mol. The molecule has 0 radical (unpaired) electrons. The van der Waals surface area contributed by atoms with Crippen molar-refractivity contribution in [1.82, 2.24) is 9.97 Å². The quantitative estimate of drug-likeness (QED) is 0.737. The molecule has 27 heavy (non-hydrogen) atoms. The summed E-state index contributed by atoms with van der Waals surface area (Å²) in [6, 6.07) is 8.06. The number of nitrogens with zero attached hydrogens (tertiary/aromatic N) is 2. The van der Waals surface area contributed by atoms with Crippen LogP contribution in [-0.2, 0) is 11.2 Å². The van der Waals surface area contributed by atoms with E-state index in [0.717, 1.165) is 53.5 Å². The Labute approximate surface area is 158 Å². The lowest BCUT2D eigenvalue weighted by Gasteiger charge is -2.26. The number of aryl methyl sites for hydroxylation is 1. The summed E-state index contributed by atoms with van der Waals surface area (Å²) in [4.78, 5) is 21.3.